The normalized spacial score (nSPS) is 19.1. The molecule has 1 fully saturated rings. The van der Waals surface area contributed by atoms with Gasteiger partial charge in [-0.15, -0.1) is 0 Å². The molecule has 1 saturated heterocycles. The van der Waals surface area contributed by atoms with Crippen LogP contribution in [0, 0.1) is 5.92 Å². The van der Waals surface area contributed by atoms with E-state index in [0.29, 0.717) is 6.04 Å². The van der Waals surface area contributed by atoms with Crippen LogP contribution in [0.5, 0.6) is 5.75 Å². The van der Waals surface area contributed by atoms with Gasteiger partial charge in [0.2, 0.25) is 0 Å². The van der Waals surface area contributed by atoms with Gasteiger partial charge in [-0.25, -0.2) is 0 Å². The Bertz CT molecular complexity index is 535. The molecule has 144 valence electrons. The van der Waals surface area contributed by atoms with Gasteiger partial charge in [0.15, 0.2) is 0 Å². The summed E-state index contributed by atoms with van der Waals surface area (Å²) in [5, 5.41) is 0. The van der Waals surface area contributed by atoms with E-state index in [1.165, 1.54) is 32.9 Å². The number of hydrogen-bond acceptors (Lipinski definition) is 4. The van der Waals surface area contributed by atoms with Crippen LogP contribution in [0.25, 0.3) is 0 Å². The SMILES string of the molecule is BOC(=O)C(CCCC)CCCN1CCCCC1c1ccc(OC)cc1. The third kappa shape index (κ3) is 6.05. The summed E-state index contributed by atoms with van der Waals surface area (Å²) in [5.74, 6) is 0.931. The van der Waals surface area contributed by atoms with Crippen LogP contribution in [-0.4, -0.2) is 39.1 Å². The molecule has 0 bridgehead atoms. The van der Waals surface area contributed by atoms with Crippen molar-refractivity contribution < 1.29 is 14.2 Å². The zero-order chi connectivity index (χ0) is 18.8. The Morgan fingerprint density at radius 3 is 2.62 bits per heavy atom. The number of unbranched alkanes of at least 4 members (excludes halogenated alkanes) is 1. The molecule has 4 nitrogen and oxygen atoms in total. The fraction of sp³-hybridized carbons (Fsp3) is 0.667. The number of ether oxygens (including phenoxy) is 1. The van der Waals surface area contributed by atoms with Crippen LogP contribution in [0.3, 0.4) is 0 Å². The monoisotopic (exact) mass is 359 g/mol. The summed E-state index contributed by atoms with van der Waals surface area (Å²) in [6.45, 7) is 4.37. The Labute approximate surface area is 159 Å². The smallest absolute Gasteiger partial charge is 0.325 e. The highest BCUT2D eigenvalue weighted by molar-refractivity contribution is 6.05. The van der Waals surface area contributed by atoms with Crippen molar-refractivity contribution in [3.05, 3.63) is 29.8 Å². The van der Waals surface area contributed by atoms with Gasteiger partial charge in [-0.05, 0) is 62.9 Å². The van der Waals surface area contributed by atoms with Gasteiger partial charge in [0.05, 0.1) is 13.0 Å². The van der Waals surface area contributed by atoms with E-state index in [1.54, 1.807) is 7.11 Å². The molecule has 0 radical (unpaired) electrons. The first kappa shape index (κ1) is 20.8. The summed E-state index contributed by atoms with van der Waals surface area (Å²) < 4.78 is 10.3. The molecule has 2 atom stereocenters. The van der Waals surface area contributed by atoms with Crippen LogP contribution in [0.2, 0.25) is 0 Å². The maximum Gasteiger partial charge on any atom is 0.325 e. The van der Waals surface area contributed by atoms with Crippen molar-refractivity contribution >= 4 is 14.0 Å². The molecule has 0 aromatic heterocycles. The summed E-state index contributed by atoms with van der Waals surface area (Å²) in [6, 6.07) is 8.99. The highest BCUT2D eigenvalue weighted by atomic mass is 16.5. The quantitative estimate of drug-likeness (QED) is 0.594. The number of piperidine rings is 1. The molecule has 0 aliphatic carbocycles. The first-order valence-corrected chi connectivity index (χ1v) is 10.2. The van der Waals surface area contributed by atoms with E-state index >= 15 is 0 Å². The van der Waals surface area contributed by atoms with Crippen LogP contribution in [0.1, 0.15) is 69.9 Å². The number of benzene rings is 1. The van der Waals surface area contributed by atoms with Crippen LogP contribution in [-0.2, 0) is 9.45 Å². The highest BCUT2D eigenvalue weighted by Gasteiger charge is 2.24. The second kappa shape index (κ2) is 11.3. The zero-order valence-corrected chi connectivity index (χ0v) is 16.7. The van der Waals surface area contributed by atoms with Gasteiger partial charge < -0.3 is 9.39 Å². The van der Waals surface area contributed by atoms with Crippen LogP contribution in [0.15, 0.2) is 24.3 Å². The van der Waals surface area contributed by atoms with Gasteiger partial charge in [-0.3, -0.25) is 9.69 Å². The lowest BCUT2D eigenvalue weighted by Gasteiger charge is -2.36. The first-order chi connectivity index (χ1) is 12.7. The molecule has 1 aromatic rings. The van der Waals surface area contributed by atoms with E-state index in [4.69, 9.17) is 9.39 Å². The maximum absolute atomic E-state index is 12.0. The molecule has 1 aliphatic heterocycles. The number of carbonyl (C=O) groups is 1. The van der Waals surface area contributed by atoms with Gasteiger partial charge in [0, 0.05) is 6.04 Å². The molecule has 0 spiro atoms. The lowest BCUT2D eigenvalue weighted by atomic mass is 9.93. The van der Waals surface area contributed by atoms with Crippen molar-refractivity contribution in [1.29, 1.82) is 0 Å². The van der Waals surface area contributed by atoms with Crippen LogP contribution < -0.4 is 4.74 Å². The summed E-state index contributed by atoms with van der Waals surface area (Å²) in [4.78, 5) is 14.6. The minimum absolute atomic E-state index is 0.0381. The third-order valence-corrected chi connectivity index (χ3v) is 5.55. The summed E-state index contributed by atoms with van der Waals surface area (Å²) in [7, 11) is 3.21. The summed E-state index contributed by atoms with van der Waals surface area (Å²) >= 11 is 0. The van der Waals surface area contributed by atoms with Crippen molar-refractivity contribution in [2.75, 3.05) is 20.2 Å². The molecule has 2 rings (SSSR count). The Kier molecular flexibility index (Phi) is 9.03. The van der Waals surface area contributed by atoms with Gasteiger partial charge in [-0.2, -0.15) is 0 Å². The fourth-order valence-electron chi connectivity index (χ4n) is 4.00. The minimum Gasteiger partial charge on any atom is -0.543 e. The van der Waals surface area contributed by atoms with Crippen LogP contribution >= 0.6 is 0 Å². The van der Waals surface area contributed by atoms with E-state index in [0.717, 1.165) is 50.9 Å². The Morgan fingerprint density at radius 2 is 1.96 bits per heavy atom. The van der Waals surface area contributed by atoms with Crippen LogP contribution in [0.4, 0.5) is 0 Å². The average molecular weight is 359 g/mol. The molecule has 1 heterocycles. The lowest BCUT2D eigenvalue weighted by molar-refractivity contribution is -0.139. The molecular formula is C21H34BNO3. The molecule has 1 aliphatic rings. The molecule has 0 amide bonds. The molecule has 1 aromatic carbocycles. The van der Waals surface area contributed by atoms with Crippen molar-refractivity contribution in [2.45, 2.75) is 64.3 Å². The van der Waals surface area contributed by atoms with E-state index in [2.05, 4.69) is 36.1 Å². The molecule has 26 heavy (non-hydrogen) atoms. The van der Waals surface area contributed by atoms with E-state index in [1.807, 2.05) is 0 Å². The number of nitrogens with zero attached hydrogens (tertiary/aromatic N) is 1. The number of likely N-dealkylation sites (tertiary alicyclic amines) is 1. The molecule has 0 saturated carbocycles. The second-order valence-corrected chi connectivity index (χ2v) is 7.33. The number of carbonyl (C=O) groups excluding carboxylic acids is 1. The average Bonchev–Trinajstić information content (AvgIpc) is 2.70. The zero-order valence-electron chi connectivity index (χ0n) is 16.7. The molecule has 0 N–H and O–H groups in total. The van der Waals surface area contributed by atoms with E-state index < -0.39 is 0 Å². The minimum atomic E-state index is -0.0381. The predicted molar refractivity (Wildman–Crippen MR) is 108 cm³/mol. The molecule has 5 heteroatoms. The number of hydrogen-bond donors (Lipinski definition) is 0. The summed E-state index contributed by atoms with van der Waals surface area (Å²) in [5.41, 5.74) is 1.38. The van der Waals surface area contributed by atoms with E-state index in [-0.39, 0.29) is 11.9 Å². The number of rotatable bonds is 10. The molecular weight excluding hydrogens is 325 g/mol. The lowest BCUT2D eigenvalue weighted by Crippen LogP contribution is -2.34. The van der Waals surface area contributed by atoms with Gasteiger partial charge in [-0.1, -0.05) is 38.3 Å². The van der Waals surface area contributed by atoms with E-state index in [9.17, 15) is 4.79 Å². The van der Waals surface area contributed by atoms with Crippen molar-refractivity contribution in [2.24, 2.45) is 5.92 Å². The summed E-state index contributed by atoms with van der Waals surface area (Å²) in [6.07, 6.45) is 8.91. The first-order valence-electron chi connectivity index (χ1n) is 10.2. The van der Waals surface area contributed by atoms with Crippen molar-refractivity contribution in [1.82, 2.24) is 4.90 Å². The van der Waals surface area contributed by atoms with Gasteiger partial charge in [0.25, 0.3) is 5.97 Å². The Hall–Kier alpha value is -1.49. The second-order valence-electron chi connectivity index (χ2n) is 7.33. The number of methoxy groups -OCH3 is 1. The topological polar surface area (TPSA) is 38.8 Å². The molecule has 2 unspecified atom stereocenters. The Morgan fingerprint density at radius 1 is 1.23 bits per heavy atom. The third-order valence-electron chi connectivity index (χ3n) is 5.55. The van der Waals surface area contributed by atoms with Crippen molar-refractivity contribution in [3.63, 3.8) is 0 Å². The standard InChI is InChI=1S/C21H34BNO3/c1-3-4-8-18(21(24)26-22)9-7-16-23-15-6-5-10-20(23)17-11-13-19(25-2)14-12-17/h11-14,18,20H,3-10,15-16,22H2,1-2H3. The largest absolute Gasteiger partial charge is 0.543 e. The van der Waals surface area contributed by atoms with Gasteiger partial charge >= 0.3 is 8.05 Å². The van der Waals surface area contributed by atoms with Crippen molar-refractivity contribution in [3.8, 4) is 5.75 Å². The Balaban J connectivity index is 1.91. The predicted octanol–water partition coefficient (Wildman–Crippen LogP) is 3.90. The highest BCUT2D eigenvalue weighted by Crippen LogP contribution is 2.32. The fourth-order valence-corrected chi connectivity index (χ4v) is 4.00. The maximum atomic E-state index is 12.0. The van der Waals surface area contributed by atoms with Gasteiger partial charge in [0.1, 0.15) is 5.75 Å².